The zero-order chi connectivity index (χ0) is 8.10. The van der Waals surface area contributed by atoms with Crippen molar-refractivity contribution in [3.05, 3.63) is 22.7 Å². The van der Waals surface area contributed by atoms with Crippen molar-refractivity contribution in [2.45, 2.75) is 26.2 Å². The predicted octanol–water partition coefficient (Wildman–Crippen LogP) is 2.36. The Hall–Kier alpha value is -0.700. The minimum absolute atomic E-state index is 1.04. The maximum atomic E-state index is 4.02. The van der Waals surface area contributed by atoms with E-state index in [-0.39, 0.29) is 0 Å². The van der Waals surface area contributed by atoms with Gasteiger partial charge < -0.3 is 0 Å². The van der Waals surface area contributed by atoms with Crippen molar-refractivity contribution in [2.75, 3.05) is 0 Å². The Morgan fingerprint density at radius 1 is 1.55 bits per heavy atom. The van der Waals surface area contributed by atoms with Gasteiger partial charge in [-0.25, -0.2) is 0 Å². The Morgan fingerprint density at radius 3 is 2.91 bits per heavy atom. The minimum atomic E-state index is 1.04. The van der Waals surface area contributed by atoms with Gasteiger partial charge in [0, 0.05) is 6.42 Å². The summed E-state index contributed by atoms with van der Waals surface area (Å²) in [4.78, 5) is 0. The van der Waals surface area contributed by atoms with Gasteiger partial charge in [0.1, 0.15) is 10.0 Å². The molecule has 0 aliphatic rings. The third-order valence-corrected chi connectivity index (χ3v) is 2.27. The van der Waals surface area contributed by atoms with Crippen LogP contribution in [0.4, 0.5) is 0 Å². The van der Waals surface area contributed by atoms with Gasteiger partial charge in [-0.1, -0.05) is 6.08 Å². The number of aryl methyl sites for hydroxylation is 2. The summed E-state index contributed by atoms with van der Waals surface area (Å²) in [7, 11) is 0. The summed E-state index contributed by atoms with van der Waals surface area (Å²) in [6, 6.07) is 0. The zero-order valence-electron chi connectivity index (χ0n) is 6.71. The van der Waals surface area contributed by atoms with Gasteiger partial charge in [0.05, 0.1) is 0 Å². The first kappa shape index (κ1) is 8.40. The van der Waals surface area contributed by atoms with E-state index >= 15 is 0 Å². The van der Waals surface area contributed by atoms with Crippen LogP contribution >= 0.6 is 11.3 Å². The van der Waals surface area contributed by atoms with Crippen LogP contribution < -0.4 is 0 Å². The molecule has 0 fully saturated rings. The number of hydrogen-bond acceptors (Lipinski definition) is 3. The molecule has 1 aromatic rings. The van der Waals surface area contributed by atoms with Gasteiger partial charge in [0.2, 0.25) is 0 Å². The van der Waals surface area contributed by atoms with E-state index < -0.39 is 0 Å². The number of rotatable bonds is 4. The normalized spacial score (nSPS) is 9.91. The molecule has 0 N–H and O–H groups in total. The average molecular weight is 168 g/mol. The molecule has 0 atom stereocenters. The molecule has 1 heterocycles. The van der Waals surface area contributed by atoms with Gasteiger partial charge >= 0.3 is 0 Å². The van der Waals surface area contributed by atoms with Gasteiger partial charge in [-0.3, -0.25) is 0 Å². The van der Waals surface area contributed by atoms with E-state index in [1.807, 2.05) is 13.0 Å². The van der Waals surface area contributed by atoms with Crippen LogP contribution in [0.5, 0.6) is 0 Å². The summed E-state index contributed by atoms with van der Waals surface area (Å²) in [5.41, 5.74) is 0. The highest BCUT2D eigenvalue weighted by molar-refractivity contribution is 7.11. The molecule has 11 heavy (non-hydrogen) atoms. The van der Waals surface area contributed by atoms with Crippen molar-refractivity contribution in [1.82, 2.24) is 10.2 Å². The van der Waals surface area contributed by atoms with Crippen molar-refractivity contribution in [2.24, 2.45) is 0 Å². The van der Waals surface area contributed by atoms with Crippen LogP contribution in [0.15, 0.2) is 12.7 Å². The van der Waals surface area contributed by atoms with E-state index in [1.54, 1.807) is 11.3 Å². The van der Waals surface area contributed by atoms with E-state index in [2.05, 4.69) is 16.8 Å². The lowest BCUT2D eigenvalue weighted by Gasteiger charge is -1.89. The molecule has 0 amide bonds. The molecule has 0 saturated heterocycles. The Bertz CT molecular complexity index is 230. The highest BCUT2D eigenvalue weighted by Crippen LogP contribution is 2.10. The van der Waals surface area contributed by atoms with E-state index in [0.717, 1.165) is 29.3 Å². The smallest absolute Gasteiger partial charge is 0.117 e. The minimum Gasteiger partial charge on any atom is -0.144 e. The Morgan fingerprint density at radius 2 is 2.36 bits per heavy atom. The molecule has 3 heteroatoms. The van der Waals surface area contributed by atoms with E-state index in [9.17, 15) is 0 Å². The second-order valence-corrected chi connectivity index (χ2v) is 3.66. The molecule has 1 rings (SSSR count). The lowest BCUT2D eigenvalue weighted by Crippen LogP contribution is -1.82. The standard InChI is InChI=1S/C8H12N2S/c1-3-4-5-6-8-10-9-7(2)11-8/h3H,1,4-6H2,2H3. The molecule has 1 aromatic heterocycles. The van der Waals surface area contributed by atoms with E-state index in [1.165, 1.54) is 0 Å². The predicted molar refractivity (Wildman–Crippen MR) is 47.8 cm³/mol. The van der Waals surface area contributed by atoms with Crippen LogP contribution in [0, 0.1) is 6.92 Å². The monoisotopic (exact) mass is 168 g/mol. The first-order valence-electron chi connectivity index (χ1n) is 3.73. The fourth-order valence-corrected chi connectivity index (χ4v) is 1.59. The summed E-state index contributed by atoms with van der Waals surface area (Å²) in [5, 5.41) is 10.2. The quantitative estimate of drug-likeness (QED) is 0.509. The lowest BCUT2D eigenvalue weighted by atomic mass is 10.2. The lowest BCUT2D eigenvalue weighted by molar-refractivity contribution is 0.818. The molecule has 0 spiro atoms. The number of aromatic nitrogens is 2. The van der Waals surface area contributed by atoms with Gasteiger partial charge in [0.15, 0.2) is 0 Å². The van der Waals surface area contributed by atoms with Crippen LogP contribution in [0.2, 0.25) is 0 Å². The molecule has 0 aliphatic carbocycles. The number of hydrogen-bond donors (Lipinski definition) is 0. The van der Waals surface area contributed by atoms with E-state index in [0.29, 0.717) is 0 Å². The molecule has 0 unspecified atom stereocenters. The molecular weight excluding hydrogens is 156 g/mol. The fourth-order valence-electron chi connectivity index (χ4n) is 0.836. The Balaban J connectivity index is 2.32. The number of unbranched alkanes of at least 4 members (excludes halogenated alkanes) is 1. The molecule has 0 radical (unpaired) electrons. The van der Waals surface area contributed by atoms with Crippen LogP contribution in [-0.4, -0.2) is 10.2 Å². The van der Waals surface area contributed by atoms with Crippen LogP contribution in [-0.2, 0) is 6.42 Å². The Labute approximate surface area is 71.0 Å². The maximum Gasteiger partial charge on any atom is 0.117 e. The maximum absolute atomic E-state index is 4.02. The molecule has 0 aromatic carbocycles. The summed E-state index contributed by atoms with van der Waals surface area (Å²) in [5.74, 6) is 0. The molecule has 60 valence electrons. The van der Waals surface area contributed by atoms with Gasteiger partial charge in [-0.05, 0) is 19.8 Å². The average Bonchev–Trinajstić information content (AvgIpc) is 2.37. The van der Waals surface area contributed by atoms with Crippen molar-refractivity contribution in [3.8, 4) is 0 Å². The van der Waals surface area contributed by atoms with Crippen LogP contribution in [0.1, 0.15) is 22.9 Å². The summed E-state index contributed by atoms with van der Waals surface area (Å²) in [6.07, 6.45) is 5.18. The molecule has 2 nitrogen and oxygen atoms in total. The SMILES string of the molecule is C=CCCCc1nnc(C)s1. The van der Waals surface area contributed by atoms with Crippen LogP contribution in [0.3, 0.4) is 0 Å². The number of nitrogens with zero attached hydrogens (tertiary/aromatic N) is 2. The third-order valence-electron chi connectivity index (χ3n) is 1.37. The molecule has 0 aliphatic heterocycles. The van der Waals surface area contributed by atoms with Gasteiger partial charge in [-0.15, -0.1) is 28.1 Å². The van der Waals surface area contributed by atoms with Crippen molar-refractivity contribution in [3.63, 3.8) is 0 Å². The van der Waals surface area contributed by atoms with Crippen LogP contribution in [0.25, 0.3) is 0 Å². The van der Waals surface area contributed by atoms with Gasteiger partial charge in [-0.2, -0.15) is 0 Å². The fraction of sp³-hybridized carbons (Fsp3) is 0.500. The molecule has 0 saturated carbocycles. The topological polar surface area (TPSA) is 25.8 Å². The Kier molecular flexibility index (Phi) is 3.23. The third kappa shape index (κ3) is 2.80. The second-order valence-electron chi connectivity index (χ2n) is 2.40. The van der Waals surface area contributed by atoms with Crippen molar-refractivity contribution in [1.29, 1.82) is 0 Å². The van der Waals surface area contributed by atoms with Crippen molar-refractivity contribution < 1.29 is 0 Å². The van der Waals surface area contributed by atoms with Gasteiger partial charge in [0.25, 0.3) is 0 Å². The highest BCUT2D eigenvalue weighted by Gasteiger charge is 1.97. The first-order chi connectivity index (χ1) is 5.33. The zero-order valence-corrected chi connectivity index (χ0v) is 7.52. The summed E-state index contributed by atoms with van der Waals surface area (Å²) in [6.45, 7) is 5.65. The highest BCUT2D eigenvalue weighted by atomic mass is 32.1. The molecule has 0 bridgehead atoms. The van der Waals surface area contributed by atoms with Crippen molar-refractivity contribution >= 4 is 11.3 Å². The van der Waals surface area contributed by atoms with E-state index in [4.69, 9.17) is 0 Å². The second kappa shape index (κ2) is 4.23. The first-order valence-corrected chi connectivity index (χ1v) is 4.54. The molecular formula is C8H12N2S. The summed E-state index contributed by atoms with van der Waals surface area (Å²) < 4.78 is 0. The summed E-state index contributed by atoms with van der Waals surface area (Å²) >= 11 is 1.68. The number of allylic oxidation sites excluding steroid dienone is 1. The largest absolute Gasteiger partial charge is 0.144 e.